The van der Waals surface area contributed by atoms with Gasteiger partial charge in [0.05, 0.1) is 4.91 Å². The van der Waals surface area contributed by atoms with Gasteiger partial charge in [0.25, 0.3) is 0 Å². The molecule has 0 aromatic carbocycles. The molecule has 0 aliphatic carbocycles. The molecular formula is C7H10FNO2S. The Labute approximate surface area is 71.1 Å². The number of rotatable bonds is 3. The predicted octanol–water partition coefficient (Wildman–Crippen LogP) is 1.22. The van der Waals surface area contributed by atoms with Crippen LogP contribution < -0.4 is 5.14 Å². The number of halogens is 1. The van der Waals surface area contributed by atoms with Crippen LogP contribution in [-0.4, -0.2) is 8.42 Å². The monoisotopic (exact) mass is 191 g/mol. The number of primary sulfonamides is 1. The molecule has 0 bridgehead atoms. The Balaban J connectivity index is 4.51. The summed E-state index contributed by atoms with van der Waals surface area (Å²) in [5, 5.41) is 4.69. The third-order valence-corrected chi connectivity index (χ3v) is 1.94. The first-order chi connectivity index (χ1) is 5.38. The van der Waals surface area contributed by atoms with E-state index in [1.807, 2.05) is 0 Å². The van der Waals surface area contributed by atoms with Crippen molar-refractivity contribution in [3.63, 3.8) is 0 Å². The smallest absolute Gasteiger partial charge is 0.225 e. The molecule has 2 N–H and O–H groups in total. The normalized spacial score (nSPS) is 13.8. The van der Waals surface area contributed by atoms with Gasteiger partial charge in [0.1, 0.15) is 5.83 Å². The van der Waals surface area contributed by atoms with Crippen molar-refractivity contribution in [1.82, 2.24) is 0 Å². The molecule has 0 aliphatic rings. The molecule has 0 atom stereocenters. The molecule has 68 valence electrons. The molecule has 0 rings (SSSR count). The third kappa shape index (κ3) is 4.05. The van der Waals surface area contributed by atoms with E-state index in [9.17, 15) is 12.8 Å². The van der Waals surface area contributed by atoms with Crippen molar-refractivity contribution in [1.29, 1.82) is 0 Å². The second kappa shape index (κ2) is 4.18. The topological polar surface area (TPSA) is 60.2 Å². The Morgan fingerprint density at radius 1 is 1.50 bits per heavy atom. The Morgan fingerprint density at radius 3 is 2.33 bits per heavy atom. The Bertz CT molecular complexity index is 327. The van der Waals surface area contributed by atoms with E-state index in [1.54, 1.807) is 0 Å². The first kappa shape index (κ1) is 11.1. The zero-order valence-electron chi connectivity index (χ0n) is 6.62. The summed E-state index contributed by atoms with van der Waals surface area (Å²) in [6, 6.07) is 0. The van der Waals surface area contributed by atoms with Crippen molar-refractivity contribution in [2.24, 2.45) is 5.14 Å². The van der Waals surface area contributed by atoms with Gasteiger partial charge < -0.3 is 0 Å². The Kier molecular flexibility index (Phi) is 3.85. The van der Waals surface area contributed by atoms with E-state index in [0.717, 1.165) is 12.2 Å². The summed E-state index contributed by atoms with van der Waals surface area (Å²) in [5.74, 6) is -0.542. The maximum Gasteiger partial charge on any atom is 0.237 e. The van der Waals surface area contributed by atoms with Crippen molar-refractivity contribution in [3.05, 3.63) is 35.5 Å². The first-order valence-corrected chi connectivity index (χ1v) is 4.64. The van der Waals surface area contributed by atoms with Gasteiger partial charge in [-0.25, -0.2) is 17.9 Å². The number of sulfonamides is 1. The standard InChI is InChI=1S/C7H10FNO2S/c1-3-7(8)5-4-6(2)12(9,10)11/h3-5H,2H2,1H3,(H2,9,10,11)/b5-4-,7-3+. The molecule has 12 heavy (non-hydrogen) atoms. The van der Waals surface area contributed by atoms with Crippen LogP contribution in [0.2, 0.25) is 0 Å². The van der Waals surface area contributed by atoms with Crippen LogP contribution in [0.25, 0.3) is 0 Å². The number of nitrogens with two attached hydrogens (primary N) is 1. The molecule has 0 fully saturated rings. The number of hydrogen-bond acceptors (Lipinski definition) is 2. The lowest BCUT2D eigenvalue weighted by Gasteiger charge is -1.93. The highest BCUT2D eigenvalue weighted by atomic mass is 32.2. The zero-order chi connectivity index (χ0) is 9.78. The molecule has 0 aromatic rings. The largest absolute Gasteiger partial charge is 0.237 e. The maximum absolute atomic E-state index is 12.4. The lowest BCUT2D eigenvalue weighted by Crippen LogP contribution is -2.12. The fraction of sp³-hybridized carbons (Fsp3) is 0.143. The van der Waals surface area contributed by atoms with Gasteiger partial charge in [-0.15, -0.1) is 0 Å². The quantitative estimate of drug-likeness (QED) is 0.682. The van der Waals surface area contributed by atoms with E-state index in [1.165, 1.54) is 13.0 Å². The second-order valence-electron chi connectivity index (χ2n) is 2.02. The molecule has 3 nitrogen and oxygen atoms in total. The van der Waals surface area contributed by atoms with Crippen LogP contribution in [0, 0.1) is 0 Å². The molecule has 0 unspecified atom stereocenters. The van der Waals surface area contributed by atoms with E-state index < -0.39 is 15.9 Å². The van der Waals surface area contributed by atoms with Crippen molar-refractivity contribution < 1.29 is 12.8 Å². The van der Waals surface area contributed by atoms with E-state index in [4.69, 9.17) is 0 Å². The Morgan fingerprint density at radius 2 is 2.00 bits per heavy atom. The van der Waals surface area contributed by atoms with Gasteiger partial charge in [0.15, 0.2) is 0 Å². The molecule has 0 saturated carbocycles. The molecule has 0 aromatic heterocycles. The van der Waals surface area contributed by atoms with E-state index >= 15 is 0 Å². The van der Waals surface area contributed by atoms with Gasteiger partial charge in [-0.05, 0) is 19.1 Å². The summed E-state index contributed by atoms with van der Waals surface area (Å²) in [5.41, 5.74) is 0. The van der Waals surface area contributed by atoms with E-state index in [0.29, 0.717) is 0 Å². The summed E-state index contributed by atoms with van der Waals surface area (Å²) in [6.07, 6.45) is 3.17. The van der Waals surface area contributed by atoms with Crippen LogP contribution in [0.5, 0.6) is 0 Å². The van der Waals surface area contributed by atoms with Crippen LogP contribution in [0.4, 0.5) is 4.39 Å². The van der Waals surface area contributed by atoms with Gasteiger partial charge in [0, 0.05) is 0 Å². The second-order valence-corrected chi connectivity index (χ2v) is 3.63. The molecular weight excluding hydrogens is 181 g/mol. The molecule has 0 amide bonds. The highest BCUT2D eigenvalue weighted by Gasteiger charge is 2.03. The molecule has 5 heteroatoms. The number of allylic oxidation sites excluding steroid dienone is 4. The van der Waals surface area contributed by atoms with Crippen molar-refractivity contribution in [2.75, 3.05) is 0 Å². The maximum atomic E-state index is 12.4. The van der Waals surface area contributed by atoms with E-state index in [-0.39, 0.29) is 4.91 Å². The lowest BCUT2D eigenvalue weighted by atomic mass is 10.4. The highest BCUT2D eigenvalue weighted by Crippen LogP contribution is 2.04. The number of hydrogen-bond donors (Lipinski definition) is 1. The van der Waals surface area contributed by atoms with Crippen LogP contribution in [0.3, 0.4) is 0 Å². The van der Waals surface area contributed by atoms with Gasteiger partial charge in [-0.3, -0.25) is 0 Å². The van der Waals surface area contributed by atoms with Crippen molar-refractivity contribution in [2.45, 2.75) is 6.92 Å². The third-order valence-electron chi connectivity index (χ3n) is 1.07. The summed E-state index contributed by atoms with van der Waals surface area (Å²) in [4.78, 5) is -0.320. The van der Waals surface area contributed by atoms with Gasteiger partial charge in [-0.1, -0.05) is 12.7 Å². The minimum atomic E-state index is -3.78. The van der Waals surface area contributed by atoms with Crippen LogP contribution in [0.15, 0.2) is 35.5 Å². The summed E-state index contributed by atoms with van der Waals surface area (Å²) < 4.78 is 33.4. The molecule has 0 aliphatic heterocycles. The average molecular weight is 191 g/mol. The summed E-state index contributed by atoms with van der Waals surface area (Å²) in [7, 11) is -3.78. The highest BCUT2D eigenvalue weighted by molar-refractivity contribution is 7.93. The molecule has 0 heterocycles. The van der Waals surface area contributed by atoms with Gasteiger partial charge in [-0.2, -0.15) is 0 Å². The van der Waals surface area contributed by atoms with Gasteiger partial charge in [0.2, 0.25) is 10.0 Å². The first-order valence-electron chi connectivity index (χ1n) is 3.09. The molecule has 0 saturated heterocycles. The van der Waals surface area contributed by atoms with E-state index in [2.05, 4.69) is 11.7 Å². The van der Waals surface area contributed by atoms with Crippen LogP contribution in [0.1, 0.15) is 6.92 Å². The lowest BCUT2D eigenvalue weighted by molar-refractivity contribution is 0.604. The summed E-state index contributed by atoms with van der Waals surface area (Å²) >= 11 is 0. The average Bonchev–Trinajstić information content (AvgIpc) is 1.97. The van der Waals surface area contributed by atoms with Crippen LogP contribution in [-0.2, 0) is 10.0 Å². The zero-order valence-corrected chi connectivity index (χ0v) is 7.44. The van der Waals surface area contributed by atoms with Crippen LogP contribution >= 0.6 is 0 Å². The van der Waals surface area contributed by atoms with Crippen molar-refractivity contribution >= 4 is 10.0 Å². The predicted molar refractivity (Wildman–Crippen MR) is 46.3 cm³/mol. The fourth-order valence-corrected chi connectivity index (χ4v) is 0.621. The molecule has 0 radical (unpaired) electrons. The summed E-state index contributed by atoms with van der Waals surface area (Å²) in [6.45, 7) is 4.62. The SMILES string of the molecule is C=C(/C=C\C(F)=C/C)S(N)(=O)=O. The van der Waals surface area contributed by atoms with Crippen molar-refractivity contribution in [3.8, 4) is 0 Å². The minimum Gasteiger partial charge on any atom is -0.225 e. The minimum absolute atomic E-state index is 0.320. The fourth-order valence-electron chi connectivity index (χ4n) is 0.364. The van der Waals surface area contributed by atoms with Gasteiger partial charge >= 0.3 is 0 Å². The Hall–Kier alpha value is -0.940. The molecule has 0 spiro atoms.